The number of carbonyl (C=O) groups excluding carboxylic acids is 1. The minimum absolute atomic E-state index is 0.361. The smallest absolute Gasteiger partial charge is 0.307 e. The van der Waals surface area contributed by atoms with E-state index >= 15 is 0 Å². The van der Waals surface area contributed by atoms with Gasteiger partial charge in [-0.15, -0.1) is 0 Å². The molecule has 0 radical (unpaired) electrons. The highest BCUT2D eigenvalue weighted by Gasteiger charge is 2.33. The normalized spacial score (nSPS) is 14.4. The molecule has 0 aromatic heterocycles. The molecular weight excluding hydrogens is 171 g/mol. The van der Waals surface area contributed by atoms with Gasteiger partial charge in [0.1, 0.15) is 5.78 Å². The quantitative estimate of drug-likeness (QED) is 0.715. The SMILES string of the molecule is CCNC(CC(F)(F)F)C(C)=O. The fourth-order valence-corrected chi connectivity index (χ4v) is 0.837. The standard InChI is InChI=1S/C7H12F3NO/c1-3-11-6(5(2)12)4-7(8,9)10/h6,11H,3-4H2,1-2H3. The van der Waals surface area contributed by atoms with Crippen molar-refractivity contribution < 1.29 is 18.0 Å². The Morgan fingerprint density at radius 1 is 1.50 bits per heavy atom. The average molecular weight is 183 g/mol. The number of carbonyl (C=O) groups is 1. The number of likely N-dealkylation sites (N-methyl/N-ethyl adjacent to an activating group) is 1. The summed E-state index contributed by atoms with van der Waals surface area (Å²) in [5.74, 6) is -0.478. The maximum absolute atomic E-state index is 11.8. The molecule has 0 aromatic carbocycles. The van der Waals surface area contributed by atoms with E-state index in [0.717, 1.165) is 6.92 Å². The van der Waals surface area contributed by atoms with E-state index in [1.54, 1.807) is 6.92 Å². The Labute approximate surface area is 69.1 Å². The highest BCUT2D eigenvalue weighted by atomic mass is 19.4. The number of alkyl halides is 3. The van der Waals surface area contributed by atoms with Crippen molar-refractivity contribution in [3.8, 4) is 0 Å². The van der Waals surface area contributed by atoms with Gasteiger partial charge in [-0.1, -0.05) is 6.92 Å². The maximum Gasteiger partial charge on any atom is 0.391 e. The van der Waals surface area contributed by atoms with Gasteiger partial charge in [0, 0.05) is 0 Å². The van der Waals surface area contributed by atoms with Gasteiger partial charge >= 0.3 is 6.18 Å². The fourth-order valence-electron chi connectivity index (χ4n) is 0.837. The largest absolute Gasteiger partial charge is 0.391 e. The lowest BCUT2D eigenvalue weighted by molar-refractivity contribution is -0.147. The van der Waals surface area contributed by atoms with Crippen LogP contribution in [0.4, 0.5) is 13.2 Å². The van der Waals surface area contributed by atoms with Crippen LogP contribution in [0.5, 0.6) is 0 Å². The summed E-state index contributed by atoms with van der Waals surface area (Å²) >= 11 is 0. The summed E-state index contributed by atoms with van der Waals surface area (Å²) in [6, 6.07) is -1.09. The van der Waals surface area contributed by atoms with Gasteiger partial charge in [-0.2, -0.15) is 13.2 Å². The van der Waals surface area contributed by atoms with E-state index in [0.29, 0.717) is 6.54 Å². The summed E-state index contributed by atoms with van der Waals surface area (Å²) in [5, 5.41) is 2.47. The maximum atomic E-state index is 11.8. The van der Waals surface area contributed by atoms with Crippen molar-refractivity contribution in [2.45, 2.75) is 32.5 Å². The Balaban J connectivity index is 4.05. The molecule has 0 aliphatic rings. The number of Topliss-reactive ketones (excluding diaryl/α,β-unsaturated/α-hetero) is 1. The molecule has 5 heteroatoms. The first-order valence-electron chi connectivity index (χ1n) is 3.67. The van der Waals surface area contributed by atoms with Gasteiger partial charge in [-0.05, 0) is 13.5 Å². The predicted octanol–water partition coefficient (Wildman–Crippen LogP) is 1.51. The highest BCUT2D eigenvalue weighted by Crippen LogP contribution is 2.21. The first-order chi connectivity index (χ1) is 5.37. The van der Waals surface area contributed by atoms with E-state index in [1.165, 1.54) is 0 Å². The van der Waals surface area contributed by atoms with Crippen LogP contribution >= 0.6 is 0 Å². The van der Waals surface area contributed by atoms with Gasteiger partial charge in [0.05, 0.1) is 12.5 Å². The molecule has 0 fully saturated rings. The minimum Gasteiger partial charge on any atom is -0.307 e. The van der Waals surface area contributed by atoms with E-state index in [2.05, 4.69) is 5.32 Å². The Morgan fingerprint density at radius 2 is 2.00 bits per heavy atom. The Morgan fingerprint density at radius 3 is 2.25 bits per heavy atom. The summed E-state index contributed by atoms with van der Waals surface area (Å²) in [5.41, 5.74) is 0. The molecule has 0 aromatic rings. The van der Waals surface area contributed by atoms with Gasteiger partial charge < -0.3 is 5.32 Å². The zero-order valence-electron chi connectivity index (χ0n) is 7.03. The molecule has 1 atom stereocenters. The van der Waals surface area contributed by atoms with Crippen molar-refractivity contribution in [2.75, 3.05) is 6.54 Å². The second-order valence-corrected chi connectivity index (χ2v) is 2.54. The van der Waals surface area contributed by atoms with Crippen molar-refractivity contribution in [3.05, 3.63) is 0 Å². The number of halogens is 3. The van der Waals surface area contributed by atoms with Crippen LogP contribution in [0.2, 0.25) is 0 Å². The zero-order chi connectivity index (χ0) is 9.78. The van der Waals surface area contributed by atoms with E-state index in [-0.39, 0.29) is 0 Å². The molecule has 0 aliphatic heterocycles. The number of nitrogens with one attached hydrogen (secondary N) is 1. The highest BCUT2D eigenvalue weighted by molar-refractivity contribution is 5.81. The van der Waals surface area contributed by atoms with Gasteiger partial charge in [-0.3, -0.25) is 4.79 Å². The topological polar surface area (TPSA) is 29.1 Å². The van der Waals surface area contributed by atoms with Crippen molar-refractivity contribution in [3.63, 3.8) is 0 Å². The first kappa shape index (κ1) is 11.4. The molecule has 1 unspecified atom stereocenters. The van der Waals surface area contributed by atoms with Crippen LogP contribution in [0.1, 0.15) is 20.3 Å². The molecule has 72 valence electrons. The molecule has 12 heavy (non-hydrogen) atoms. The lowest BCUT2D eigenvalue weighted by Crippen LogP contribution is -2.38. The fraction of sp³-hybridized carbons (Fsp3) is 0.857. The van der Waals surface area contributed by atoms with Crippen molar-refractivity contribution in [1.29, 1.82) is 0 Å². The second-order valence-electron chi connectivity index (χ2n) is 2.54. The summed E-state index contributed by atoms with van der Waals surface area (Å²) in [7, 11) is 0. The molecule has 0 amide bonds. The Bertz CT molecular complexity index is 155. The molecule has 0 saturated carbocycles. The molecule has 2 nitrogen and oxygen atoms in total. The van der Waals surface area contributed by atoms with Crippen LogP contribution in [-0.4, -0.2) is 24.5 Å². The summed E-state index contributed by atoms with van der Waals surface area (Å²) in [6.07, 6.45) is -5.37. The van der Waals surface area contributed by atoms with Crippen LogP contribution in [0.25, 0.3) is 0 Å². The van der Waals surface area contributed by atoms with Crippen LogP contribution in [0.15, 0.2) is 0 Å². The van der Waals surface area contributed by atoms with Crippen LogP contribution in [-0.2, 0) is 4.79 Å². The molecule has 0 heterocycles. The number of rotatable bonds is 4. The lowest BCUT2D eigenvalue weighted by atomic mass is 10.1. The van der Waals surface area contributed by atoms with E-state index < -0.39 is 24.4 Å². The molecule has 0 bridgehead atoms. The molecule has 0 spiro atoms. The van der Waals surface area contributed by atoms with Crippen LogP contribution in [0.3, 0.4) is 0 Å². The van der Waals surface area contributed by atoms with Crippen LogP contribution < -0.4 is 5.32 Å². The van der Waals surface area contributed by atoms with Gasteiger partial charge in [-0.25, -0.2) is 0 Å². The van der Waals surface area contributed by atoms with Gasteiger partial charge in [0.2, 0.25) is 0 Å². The minimum atomic E-state index is -4.28. The third-order valence-electron chi connectivity index (χ3n) is 1.38. The molecule has 0 aliphatic carbocycles. The monoisotopic (exact) mass is 183 g/mol. The second kappa shape index (κ2) is 4.45. The summed E-state index contributed by atoms with van der Waals surface area (Å²) in [4.78, 5) is 10.6. The molecular formula is C7H12F3NO. The number of ketones is 1. The Hall–Kier alpha value is -0.580. The first-order valence-corrected chi connectivity index (χ1v) is 3.67. The number of hydrogen-bond donors (Lipinski definition) is 1. The van der Waals surface area contributed by atoms with E-state index in [1.807, 2.05) is 0 Å². The van der Waals surface area contributed by atoms with Crippen molar-refractivity contribution >= 4 is 5.78 Å². The molecule has 1 N–H and O–H groups in total. The van der Waals surface area contributed by atoms with Crippen LogP contribution in [0, 0.1) is 0 Å². The number of hydrogen-bond acceptors (Lipinski definition) is 2. The van der Waals surface area contributed by atoms with Gasteiger partial charge in [0.15, 0.2) is 0 Å². The summed E-state index contributed by atoms with van der Waals surface area (Å²) < 4.78 is 35.4. The van der Waals surface area contributed by atoms with E-state index in [4.69, 9.17) is 0 Å². The predicted molar refractivity (Wildman–Crippen MR) is 38.8 cm³/mol. The van der Waals surface area contributed by atoms with Gasteiger partial charge in [0.25, 0.3) is 0 Å². The van der Waals surface area contributed by atoms with Crippen molar-refractivity contribution in [1.82, 2.24) is 5.32 Å². The van der Waals surface area contributed by atoms with E-state index in [9.17, 15) is 18.0 Å². The zero-order valence-corrected chi connectivity index (χ0v) is 7.03. The molecule has 0 saturated heterocycles. The third kappa shape index (κ3) is 5.12. The lowest BCUT2D eigenvalue weighted by Gasteiger charge is -2.16. The average Bonchev–Trinajstić information content (AvgIpc) is 1.83. The summed E-state index contributed by atoms with van der Waals surface area (Å²) in [6.45, 7) is 3.17. The third-order valence-corrected chi connectivity index (χ3v) is 1.38. The molecule has 0 rings (SSSR count). The Kier molecular flexibility index (Phi) is 4.23. The van der Waals surface area contributed by atoms with Crippen molar-refractivity contribution in [2.24, 2.45) is 0 Å².